The number of rotatable bonds is 7. The zero-order valence-corrected chi connectivity index (χ0v) is 26.9. The Balaban J connectivity index is 1.49. The molecule has 2 N–H and O–H groups in total. The van der Waals surface area contributed by atoms with E-state index < -0.39 is 31.8 Å². The van der Waals surface area contributed by atoms with Crippen molar-refractivity contribution in [2.75, 3.05) is 37.7 Å². The first kappa shape index (κ1) is 30.8. The summed E-state index contributed by atoms with van der Waals surface area (Å²) in [6.45, 7) is 2.24. The maximum absolute atomic E-state index is 14.4. The number of hydrogen-bond donors (Lipinski definition) is 2. The van der Waals surface area contributed by atoms with Gasteiger partial charge in [-0.25, -0.2) is 21.2 Å². The average Bonchev–Trinajstić information content (AvgIpc) is 3.63. The smallest absolute Gasteiger partial charge is 0.258 e. The number of carbonyl (C=O) groups excluding carboxylic acids is 1. The number of sulfonamides is 2. The van der Waals surface area contributed by atoms with Crippen molar-refractivity contribution in [2.24, 2.45) is 0 Å². The predicted octanol–water partition coefficient (Wildman–Crippen LogP) is 5.35. The third-order valence-electron chi connectivity index (χ3n) is 8.46. The molecule has 5 aromatic rings. The van der Waals surface area contributed by atoms with E-state index in [4.69, 9.17) is 4.42 Å². The quantitative estimate of drug-likeness (QED) is 0.244. The lowest BCUT2D eigenvalue weighted by atomic mass is 9.89. The standard InChI is InChI=1S/C32H33FN4O6S2/c1-19-10-12-20(13-11-19)31-29(32(38)34-2)24-16-23(26(17-27(24)43-31)36(3)44(4,39)40)22-8-6-14-37(18-22)45(41,42)28-15-21-7-5-9-25(33)30(21)35-28/h5,7,9-13,15-17,22,35H,6,8,14,18H2,1-4H3,(H,34,38)/t22-/m0/s1. The van der Waals surface area contributed by atoms with Crippen molar-refractivity contribution in [1.29, 1.82) is 0 Å². The van der Waals surface area contributed by atoms with Gasteiger partial charge >= 0.3 is 0 Å². The molecule has 1 saturated heterocycles. The number of carbonyl (C=O) groups is 1. The molecule has 3 aromatic carbocycles. The summed E-state index contributed by atoms with van der Waals surface area (Å²) in [6.07, 6.45) is 2.16. The van der Waals surface area contributed by atoms with Gasteiger partial charge in [-0.1, -0.05) is 42.0 Å². The minimum Gasteiger partial charge on any atom is -0.455 e. The number of halogens is 1. The zero-order valence-electron chi connectivity index (χ0n) is 25.2. The Hall–Kier alpha value is -4.20. The number of aryl methyl sites for hydroxylation is 1. The van der Waals surface area contributed by atoms with Crippen molar-refractivity contribution in [3.05, 3.63) is 83.2 Å². The van der Waals surface area contributed by atoms with Crippen LogP contribution < -0.4 is 9.62 Å². The summed E-state index contributed by atoms with van der Waals surface area (Å²) in [7, 11) is -4.83. The van der Waals surface area contributed by atoms with Gasteiger partial charge in [-0.2, -0.15) is 4.31 Å². The Kier molecular flexibility index (Phi) is 7.74. The number of furan rings is 1. The van der Waals surface area contributed by atoms with Gasteiger partial charge in [-0.05, 0) is 49.4 Å². The number of nitrogens with zero attached hydrogens (tertiary/aromatic N) is 2. The normalized spacial score (nSPS) is 16.3. The molecular weight excluding hydrogens is 620 g/mol. The Morgan fingerprint density at radius 1 is 1.09 bits per heavy atom. The third-order valence-corrected chi connectivity index (χ3v) is 11.4. The van der Waals surface area contributed by atoms with Gasteiger partial charge < -0.3 is 14.7 Å². The highest BCUT2D eigenvalue weighted by atomic mass is 32.2. The van der Waals surface area contributed by atoms with E-state index >= 15 is 0 Å². The predicted molar refractivity (Wildman–Crippen MR) is 172 cm³/mol. The van der Waals surface area contributed by atoms with Crippen molar-refractivity contribution >= 4 is 53.5 Å². The van der Waals surface area contributed by atoms with Crippen LogP contribution in [0.1, 0.15) is 40.2 Å². The van der Waals surface area contributed by atoms with E-state index in [1.54, 1.807) is 18.2 Å². The summed E-state index contributed by atoms with van der Waals surface area (Å²) in [5.74, 6) is -1.01. The second kappa shape index (κ2) is 11.3. The lowest BCUT2D eigenvalue weighted by Gasteiger charge is -2.33. The van der Waals surface area contributed by atoms with Crippen LogP contribution in [0, 0.1) is 12.7 Å². The molecule has 1 atom stereocenters. The Morgan fingerprint density at radius 3 is 2.49 bits per heavy atom. The van der Waals surface area contributed by atoms with Crippen LogP contribution in [0.2, 0.25) is 0 Å². The van der Waals surface area contributed by atoms with E-state index in [1.165, 1.54) is 36.6 Å². The molecule has 0 bridgehead atoms. The molecule has 0 aliphatic carbocycles. The number of H-pyrrole nitrogens is 1. The average molecular weight is 653 g/mol. The number of anilines is 1. The van der Waals surface area contributed by atoms with Crippen LogP contribution in [0.5, 0.6) is 0 Å². The highest BCUT2D eigenvalue weighted by Gasteiger charge is 2.35. The molecular formula is C32H33FN4O6S2. The van der Waals surface area contributed by atoms with Gasteiger partial charge in [0.1, 0.15) is 22.2 Å². The van der Waals surface area contributed by atoms with Crippen LogP contribution in [0.4, 0.5) is 10.1 Å². The summed E-state index contributed by atoms with van der Waals surface area (Å²) < 4.78 is 76.3. The minimum absolute atomic E-state index is 0.0499. The molecule has 45 heavy (non-hydrogen) atoms. The van der Waals surface area contributed by atoms with Crippen LogP contribution in [-0.4, -0.2) is 65.5 Å². The highest BCUT2D eigenvalue weighted by Crippen LogP contribution is 2.42. The molecule has 0 saturated carbocycles. The molecule has 236 valence electrons. The van der Waals surface area contributed by atoms with Gasteiger partial charge in [0.15, 0.2) is 0 Å². The zero-order chi connectivity index (χ0) is 32.3. The number of benzene rings is 3. The number of aromatic amines is 1. The Morgan fingerprint density at radius 2 is 1.82 bits per heavy atom. The molecule has 0 spiro atoms. The topological polar surface area (TPSA) is 133 Å². The second-order valence-corrected chi connectivity index (χ2v) is 15.3. The first-order valence-corrected chi connectivity index (χ1v) is 17.7. The molecule has 2 aromatic heterocycles. The van der Waals surface area contributed by atoms with Gasteiger partial charge in [0, 0.05) is 49.6 Å². The van der Waals surface area contributed by atoms with Gasteiger partial charge in [-0.3, -0.25) is 9.10 Å². The van der Waals surface area contributed by atoms with E-state index in [1.807, 2.05) is 31.2 Å². The number of fused-ring (bicyclic) bond motifs is 2. The molecule has 13 heteroatoms. The molecule has 0 unspecified atom stereocenters. The van der Waals surface area contributed by atoms with Crippen LogP contribution >= 0.6 is 0 Å². The lowest BCUT2D eigenvalue weighted by Crippen LogP contribution is -2.39. The van der Waals surface area contributed by atoms with Gasteiger partial charge in [0.05, 0.1) is 23.0 Å². The van der Waals surface area contributed by atoms with Crippen LogP contribution in [0.25, 0.3) is 33.2 Å². The molecule has 10 nitrogen and oxygen atoms in total. The van der Waals surface area contributed by atoms with E-state index in [-0.39, 0.29) is 29.5 Å². The van der Waals surface area contributed by atoms with Crippen molar-refractivity contribution in [1.82, 2.24) is 14.6 Å². The van der Waals surface area contributed by atoms with Crippen molar-refractivity contribution in [2.45, 2.75) is 30.7 Å². The number of nitrogens with one attached hydrogen (secondary N) is 2. The van der Waals surface area contributed by atoms with E-state index in [2.05, 4.69) is 10.3 Å². The molecule has 1 amide bonds. The monoisotopic (exact) mass is 652 g/mol. The molecule has 1 aliphatic heterocycles. The van der Waals surface area contributed by atoms with E-state index in [9.17, 15) is 26.0 Å². The fraction of sp³-hybridized carbons (Fsp3) is 0.281. The largest absolute Gasteiger partial charge is 0.455 e. The van der Waals surface area contributed by atoms with E-state index in [0.29, 0.717) is 57.3 Å². The Labute approximate surface area is 260 Å². The van der Waals surface area contributed by atoms with Gasteiger partial charge in [0.25, 0.3) is 15.9 Å². The molecule has 1 fully saturated rings. The lowest BCUT2D eigenvalue weighted by molar-refractivity contribution is 0.0964. The SMILES string of the molecule is CNC(=O)c1c(-c2ccc(C)cc2)oc2cc(N(C)S(C)(=O)=O)c([C@H]3CCCN(S(=O)(=O)c4cc5cccc(F)c5[nH]4)C3)cc12. The molecule has 0 radical (unpaired) electrons. The number of aromatic nitrogens is 1. The fourth-order valence-electron chi connectivity index (χ4n) is 5.97. The maximum atomic E-state index is 14.4. The van der Waals surface area contributed by atoms with Crippen molar-refractivity contribution in [3.8, 4) is 11.3 Å². The van der Waals surface area contributed by atoms with Crippen LogP contribution in [0.15, 0.2) is 70.1 Å². The van der Waals surface area contributed by atoms with Gasteiger partial charge in [-0.15, -0.1) is 0 Å². The molecule has 3 heterocycles. The summed E-state index contributed by atoms with van der Waals surface area (Å²) in [5, 5.41) is 3.48. The number of hydrogen-bond acceptors (Lipinski definition) is 6. The van der Waals surface area contributed by atoms with Crippen LogP contribution in [-0.2, 0) is 20.0 Å². The summed E-state index contributed by atoms with van der Waals surface area (Å²) in [6, 6.07) is 16.7. The number of para-hydroxylation sites is 1. The number of piperidine rings is 1. The van der Waals surface area contributed by atoms with E-state index in [0.717, 1.165) is 16.1 Å². The molecule has 6 rings (SSSR count). The fourth-order valence-corrected chi connectivity index (χ4v) is 8.02. The maximum Gasteiger partial charge on any atom is 0.258 e. The van der Waals surface area contributed by atoms with Crippen LogP contribution in [0.3, 0.4) is 0 Å². The summed E-state index contributed by atoms with van der Waals surface area (Å²) >= 11 is 0. The minimum atomic E-state index is -4.05. The highest BCUT2D eigenvalue weighted by molar-refractivity contribution is 7.92. The summed E-state index contributed by atoms with van der Waals surface area (Å²) in [5.41, 5.74) is 3.34. The third kappa shape index (κ3) is 5.49. The Bertz CT molecular complexity index is 2170. The first-order valence-electron chi connectivity index (χ1n) is 14.4. The second-order valence-electron chi connectivity index (χ2n) is 11.4. The molecule has 1 aliphatic rings. The van der Waals surface area contributed by atoms with Gasteiger partial charge in [0.2, 0.25) is 10.0 Å². The van der Waals surface area contributed by atoms with Crippen molar-refractivity contribution in [3.63, 3.8) is 0 Å². The van der Waals surface area contributed by atoms with Crippen molar-refractivity contribution < 1.29 is 30.4 Å². The number of amides is 1. The summed E-state index contributed by atoms with van der Waals surface area (Å²) in [4.78, 5) is 16.0. The first-order chi connectivity index (χ1) is 21.3.